The minimum atomic E-state index is 0.175. The van der Waals surface area contributed by atoms with Crippen molar-refractivity contribution in [2.45, 2.75) is 19.4 Å². The fourth-order valence-electron chi connectivity index (χ4n) is 1.64. The predicted molar refractivity (Wildman–Crippen MR) is 58.1 cm³/mol. The number of aromatic nitrogens is 2. The van der Waals surface area contributed by atoms with Crippen molar-refractivity contribution in [1.82, 2.24) is 15.5 Å². The van der Waals surface area contributed by atoms with Gasteiger partial charge in [-0.2, -0.15) is 0 Å². The SMILES string of the molecule is CC1CCNCC1Oc1ccc(Cl)nn1. The highest BCUT2D eigenvalue weighted by atomic mass is 35.5. The Hall–Kier alpha value is -0.870. The zero-order chi connectivity index (χ0) is 10.7. The molecule has 0 radical (unpaired) electrons. The van der Waals surface area contributed by atoms with Crippen molar-refractivity contribution in [1.29, 1.82) is 0 Å². The summed E-state index contributed by atoms with van der Waals surface area (Å²) in [6, 6.07) is 3.43. The van der Waals surface area contributed by atoms with Crippen LogP contribution in [-0.4, -0.2) is 29.4 Å². The molecule has 1 saturated heterocycles. The molecule has 1 fully saturated rings. The van der Waals surface area contributed by atoms with E-state index in [9.17, 15) is 0 Å². The van der Waals surface area contributed by atoms with Gasteiger partial charge in [-0.15, -0.1) is 10.2 Å². The summed E-state index contributed by atoms with van der Waals surface area (Å²) >= 11 is 5.64. The first-order valence-electron chi connectivity index (χ1n) is 5.12. The van der Waals surface area contributed by atoms with Crippen molar-refractivity contribution in [3.05, 3.63) is 17.3 Å². The van der Waals surface area contributed by atoms with Crippen molar-refractivity contribution < 1.29 is 4.74 Å². The number of hydrogen-bond acceptors (Lipinski definition) is 4. The third kappa shape index (κ3) is 2.79. The van der Waals surface area contributed by atoms with Gasteiger partial charge in [-0.1, -0.05) is 18.5 Å². The monoisotopic (exact) mass is 227 g/mol. The van der Waals surface area contributed by atoms with Gasteiger partial charge in [0.1, 0.15) is 6.10 Å². The normalized spacial score (nSPS) is 26.3. The van der Waals surface area contributed by atoms with E-state index < -0.39 is 0 Å². The third-order valence-corrected chi connectivity index (χ3v) is 2.84. The quantitative estimate of drug-likeness (QED) is 0.832. The largest absolute Gasteiger partial charge is 0.472 e. The summed E-state index contributed by atoms with van der Waals surface area (Å²) in [5.41, 5.74) is 0. The smallest absolute Gasteiger partial charge is 0.233 e. The number of nitrogens with zero attached hydrogens (tertiary/aromatic N) is 2. The van der Waals surface area contributed by atoms with Crippen LogP contribution < -0.4 is 10.1 Å². The maximum atomic E-state index is 5.73. The second kappa shape index (κ2) is 4.77. The van der Waals surface area contributed by atoms with E-state index in [4.69, 9.17) is 16.3 Å². The van der Waals surface area contributed by atoms with Crippen molar-refractivity contribution in [3.8, 4) is 5.88 Å². The molecule has 2 unspecified atom stereocenters. The Kier molecular flexibility index (Phi) is 3.38. The Morgan fingerprint density at radius 3 is 3.00 bits per heavy atom. The van der Waals surface area contributed by atoms with E-state index in [1.165, 1.54) is 0 Å². The number of rotatable bonds is 2. The van der Waals surface area contributed by atoms with Crippen LogP contribution in [0.3, 0.4) is 0 Å². The van der Waals surface area contributed by atoms with Crippen molar-refractivity contribution in [2.75, 3.05) is 13.1 Å². The zero-order valence-corrected chi connectivity index (χ0v) is 9.37. The van der Waals surface area contributed by atoms with E-state index in [1.807, 2.05) is 0 Å². The molecule has 15 heavy (non-hydrogen) atoms. The molecule has 0 aromatic carbocycles. The topological polar surface area (TPSA) is 47.0 Å². The fraction of sp³-hybridized carbons (Fsp3) is 0.600. The second-order valence-corrected chi connectivity index (χ2v) is 4.21. The van der Waals surface area contributed by atoms with E-state index in [1.54, 1.807) is 12.1 Å². The first-order valence-corrected chi connectivity index (χ1v) is 5.50. The first kappa shape index (κ1) is 10.6. The Labute approximate surface area is 94.0 Å². The van der Waals surface area contributed by atoms with Crippen molar-refractivity contribution in [3.63, 3.8) is 0 Å². The lowest BCUT2D eigenvalue weighted by molar-refractivity contribution is 0.108. The van der Waals surface area contributed by atoms with Gasteiger partial charge in [0, 0.05) is 12.6 Å². The summed E-state index contributed by atoms with van der Waals surface area (Å²) in [6.45, 7) is 4.12. The average Bonchev–Trinajstić information content (AvgIpc) is 2.25. The lowest BCUT2D eigenvalue weighted by Crippen LogP contribution is -2.43. The zero-order valence-electron chi connectivity index (χ0n) is 8.61. The molecule has 4 nitrogen and oxygen atoms in total. The van der Waals surface area contributed by atoms with Crippen LogP contribution in [0.2, 0.25) is 5.15 Å². The van der Waals surface area contributed by atoms with Crippen LogP contribution in [0.25, 0.3) is 0 Å². The second-order valence-electron chi connectivity index (χ2n) is 3.82. The first-order chi connectivity index (χ1) is 7.25. The molecule has 0 amide bonds. The number of piperidine rings is 1. The lowest BCUT2D eigenvalue weighted by atomic mass is 9.97. The number of halogens is 1. The van der Waals surface area contributed by atoms with E-state index in [0.717, 1.165) is 19.5 Å². The van der Waals surface area contributed by atoms with Crippen LogP contribution in [0.5, 0.6) is 5.88 Å². The van der Waals surface area contributed by atoms with E-state index >= 15 is 0 Å². The number of ether oxygens (including phenoxy) is 1. The number of nitrogens with one attached hydrogen (secondary N) is 1. The lowest BCUT2D eigenvalue weighted by Gasteiger charge is -2.29. The Balaban J connectivity index is 1.98. The van der Waals surface area contributed by atoms with Gasteiger partial charge in [-0.05, 0) is 24.9 Å². The maximum Gasteiger partial charge on any atom is 0.233 e. The minimum Gasteiger partial charge on any atom is -0.472 e. The van der Waals surface area contributed by atoms with Gasteiger partial charge in [0.2, 0.25) is 5.88 Å². The van der Waals surface area contributed by atoms with Gasteiger partial charge >= 0.3 is 0 Å². The van der Waals surface area contributed by atoms with E-state index in [-0.39, 0.29) is 6.10 Å². The summed E-state index contributed by atoms with van der Waals surface area (Å²) in [6.07, 6.45) is 1.31. The van der Waals surface area contributed by atoms with Gasteiger partial charge in [0.05, 0.1) is 0 Å². The minimum absolute atomic E-state index is 0.175. The third-order valence-electron chi connectivity index (χ3n) is 2.64. The van der Waals surface area contributed by atoms with Crippen LogP contribution in [0.1, 0.15) is 13.3 Å². The maximum absolute atomic E-state index is 5.73. The summed E-state index contributed by atoms with van der Waals surface area (Å²) < 4.78 is 5.73. The molecule has 1 N–H and O–H groups in total. The van der Waals surface area contributed by atoms with Crippen LogP contribution >= 0.6 is 11.6 Å². The van der Waals surface area contributed by atoms with Crippen molar-refractivity contribution >= 4 is 11.6 Å². The Morgan fingerprint density at radius 1 is 1.47 bits per heavy atom. The molecule has 0 spiro atoms. The Bertz CT molecular complexity index is 317. The molecule has 5 heteroatoms. The summed E-state index contributed by atoms with van der Waals surface area (Å²) in [5, 5.41) is 11.3. The van der Waals surface area contributed by atoms with Gasteiger partial charge < -0.3 is 10.1 Å². The van der Waals surface area contributed by atoms with Crippen LogP contribution in [0.4, 0.5) is 0 Å². The molecule has 1 aromatic rings. The molecule has 1 aliphatic rings. The highest BCUT2D eigenvalue weighted by molar-refractivity contribution is 6.29. The van der Waals surface area contributed by atoms with Crippen molar-refractivity contribution in [2.24, 2.45) is 5.92 Å². The van der Waals surface area contributed by atoms with Gasteiger partial charge in [-0.25, -0.2) is 0 Å². The number of hydrogen-bond donors (Lipinski definition) is 1. The molecule has 1 aromatic heterocycles. The van der Waals surface area contributed by atoms with Gasteiger partial charge in [-0.3, -0.25) is 0 Å². The summed E-state index contributed by atoms with van der Waals surface area (Å²) in [7, 11) is 0. The Morgan fingerprint density at radius 2 is 2.33 bits per heavy atom. The standard InChI is InChI=1S/C10H14ClN3O/c1-7-4-5-12-6-8(7)15-10-3-2-9(11)13-14-10/h2-3,7-8,12H,4-6H2,1H3. The molecule has 1 aliphatic heterocycles. The fourth-order valence-corrected chi connectivity index (χ4v) is 1.74. The van der Waals surface area contributed by atoms with E-state index in [0.29, 0.717) is 17.0 Å². The molecule has 82 valence electrons. The summed E-state index contributed by atoms with van der Waals surface area (Å²) in [4.78, 5) is 0. The van der Waals surface area contributed by atoms with Crippen LogP contribution in [0, 0.1) is 5.92 Å². The predicted octanol–water partition coefficient (Wildman–Crippen LogP) is 1.51. The molecule has 2 atom stereocenters. The highest BCUT2D eigenvalue weighted by Crippen LogP contribution is 2.18. The van der Waals surface area contributed by atoms with Gasteiger partial charge in [0.25, 0.3) is 0 Å². The van der Waals surface area contributed by atoms with Gasteiger partial charge in [0.15, 0.2) is 5.15 Å². The van der Waals surface area contributed by atoms with Crippen LogP contribution in [-0.2, 0) is 0 Å². The molecule has 2 rings (SSSR count). The molecule has 2 heterocycles. The van der Waals surface area contributed by atoms with Crippen LogP contribution in [0.15, 0.2) is 12.1 Å². The van der Waals surface area contributed by atoms with E-state index in [2.05, 4.69) is 22.4 Å². The molecular formula is C10H14ClN3O. The molecular weight excluding hydrogens is 214 g/mol. The summed E-state index contributed by atoms with van der Waals surface area (Å²) in [5.74, 6) is 1.09. The molecule has 0 saturated carbocycles. The molecule has 0 aliphatic carbocycles. The average molecular weight is 228 g/mol. The highest BCUT2D eigenvalue weighted by Gasteiger charge is 2.22. The molecule has 0 bridgehead atoms.